The maximum atomic E-state index is 13.2. The summed E-state index contributed by atoms with van der Waals surface area (Å²) in [6.45, 7) is 3.36. The summed E-state index contributed by atoms with van der Waals surface area (Å²) in [5.74, 6) is 0.527. The lowest BCUT2D eigenvalue weighted by atomic mass is 10.1. The van der Waals surface area contributed by atoms with Gasteiger partial charge >= 0.3 is 0 Å². The molecule has 0 atom stereocenters. The average Bonchev–Trinajstić information content (AvgIpc) is 3.22. The molecule has 0 bridgehead atoms. The third-order valence-corrected chi connectivity index (χ3v) is 5.39. The maximum Gasteiger partial charge on any atom is 0.280 e. The Hall–Kier alpha value is -3.36. The van der Waals surface area contributed by atoms with Crippen LogP contribution in [0.3, 0.4) is 0 Å². The number of anilines is 1. The Morgan fingerprint density at radius 3 is 2.80 bits per heavy atom. The number of rotatable bonds is 5. The number of aliphatic hydroxyl groups is 1. The minimum absolute atomic E-state index is 0.0695. The molecule has 30 heavy (non-hydrogen) atoms. The number of nitrogens with zero attached hydrogens (tertiary/aromatic N) is 3. The van der Waals surface area contributed by atoms with Gasteiger partial charge in [-0.15, -0.1) is 0 Å². The third-order valence-electron chi connectivity index (χ3n) is 5.39. The molecule has 8 heteroatoms. The Morgan fingerprint density at radius 1 is 1.13 bits per heavy atom. The van der Waals surface area contributed by atoms with E-state index >= 15 is 0 Å². The summed E-state index contributed by atoms with van der Waals surface area (Å²) in [5.41, 5.74) is 6.81. The predicted octanol–water partition coefficient (Wildman–Crippen LogP) is 1.92. The van der Waals surface area contributed by atoms with Crippen molar-refractivity contribution in [1.82, 2.24) is 14.6 Å². The zero-order valence-corrected chi connectivity index (χ0v) is 16.5. The van der Waals surface area contributed by atoms with Crippen LogP contribution < -0.4 is 15.9 Å². The Balaban J connectivity index is 1.60. The van der Waals surface area contributed by atoms with Crippen molar-refractivity contribution in [3.63, 3.8) is 0 Å². The monoisotopic (exact) mass is 405 g/mol. The lowest BCUT2D eigenvalue weighted by molar-refractivity contribution is 0.122. The number of ether oxygens (including phenoxy) is 1. The molecule has 0 amide bonds. The van der Waals surface area contributed by atoms with Crippen LogP contribution in [-0.4, -0.2) is 59.2 Å². The Bertz CT molecular complexity index is 1260. The van der Waals surface area contributed by atoms with Gasteiger partial charge in [-0.2, -0.15) is 0 Å². The van der Waals surface area contributed by atoms with E-state index in [1.807, 2.05) is 42.5 Å². The van der Waals surface area contributed by atoms with Gasteiger partial charge in [-0.3, -0.25) is 4.79 Å². The van der Waals surface area contributed by atoms with Gasteiger partial charge in [0.1, 0.15) is 5.82 Å². The van der Waals surface area contributed by atoms with E-state index in [-0.39, 0.29) is 18.7 Å². The van der Waals surface area contributed by atoms with Crippen LogP contribution >= 0.6 is 0 Å². The molecule has 1 aliphatic heterocycles. The maximum absolute atomic E-state index is 13.2. The third kappa shape index (κ3) is 3.30. The van der Waals surface area contributed by atoms with Gasteiger partial charge in [0.25, 0.3) is 5.56 Å². The largest absolute Gasteiger partial charge is 0.394 e. The van der Waals surface area contributed by atoms with Gasteiger partial charge in [0.15, 0.2) is 0 Å². The smallest absolute Gasteiger partial charge is 0.280 e. The number of hydrogen-bond donors (Lipinski definition) is 3. The van der Waals surface area contributed by atoms with Crippen LogP contribution in [0.15, 0.2) is 53.3 Å². The van der Waals surface area contributed by atoms with Crippen molar-refractivity contribution >= 4 is 27.6 Å². The number of aromatic nitrogens is 3. The summed E-state index contributed by atoms with van der Waals surface area (Å²) in [7, 11) is 0. The first-order chi connectivity index (χ1) is 14.7. The van der Waals surface area contributed by atoms with Crippen molar-refractivity contribution in [3.05, 3.63) is 58.9 Å². The molecule has 0 radical (unpaired) electrons. The van der Waals surface area contributed by atoms with Crippen molar-refractivity contribution in [3.8, 4) is 11.4 Å². The fraction of sp³-hybridized carbons (Fsp3) is 0.273. The summed E-state index contributed by atoms with van der Waals surface area (Å²) < 4.78 is 6.92. The van der Waals surface area contributed by atoms with Gasteiger partial charge in [-0.25, -0.2) is 9.66 Å². The molecule has 1 saturated heterocycles. The van der Waals surface area contributed by atoms with Gasteiger partial charge in [0.05, 0.1) is 48.5 Å². The van der Waals surface area contributed by atoms with Crippen molar-refractivity contribution in [2.75, 3.05) is 49.8 Å². The fourth-order valence-corrected chi connectivity index (χ4v) is 3.89. The molecule has 0 saturated carbocycles. The fourth-order valence-electron chi connectivity index (χ4n) is 3.89. The Kier molecular flexibility index (Phi) is 4.86. The van der Waals surface area contributed by atoms with Crippen LogP contribution in [0.1, 0.15) is 0 Å². The van der Waals surface area contributed by atoms with Gasteiger partial charge in [-0.1, -0.05) is 18.2 Å². The average molecular weight is 405 g/mol. The van der Waals surface area contributed by atoms with Crippen molar-refractivity contribution < 1.29 is 9.84 Å². The normalized spacial score (nSPS) is 14.5. The molecule has 8 nitrogen and oxygen atoms in total. The lowest BCUT2D eigenvalue weighted by Gasteiger charge is -2.28. The van der Waals surface area contributed by atoms with Gasteiger partial charge in [-0.05, 0) is 30.3 Å². The lowest BCUT2D eigenvalue weighted by Crippen LogP contribution is -2.36. The van der Waals surface area contributed by atoms with E-state index in [0.717, 1.165) is 53.9 Å². The van der Waals surface area contributed by atoms with Gasteiger partial charge in [0, 0.05) is 24.2 Å². The summed E-state index contributed by atoms with van der Waals surface area (Å²) in [4.78, 5) is 23.5. The van der Waals surface area contributed by atoms with Crippen LogP contribution in [0.25, 0.3) is 33.3 Å². The van der Waals surface area contributed by atoms with E-state index in [1.54, 1.807) is 0 Å². The number of imidazole rings is 1. The molecule has 2 aromatic heterocycles. The number of hydrogen-bond acceptors (Lipinski definition) is 6. The Morgan fingerprint density at radius 2 is 1.97 bits per heavy atom. The molecule has 1 aliphatic rings. The highest BCUT2D eigenvalue weighted by Gasteiger charge is 2.16. The van der Waals surface area contributed by atoms with Crippen LogP contribution in [0.5, 0.6) is 0 Å². The SMILES string of the molecule is O=c1c(-c2nc3cc(N4CCOCC4)ccc3[nH]2)cc2ccccc2n1NCCO. The topological polar surface area (TPSA) is 95.4 Å². The minimum atomic E-state index is -0.213. The number of nitrogens with one attached hydrogen (secondary N) is 2. The number of para-hydroxylation sites is 1. The first-order valence-electron chi connectivity index (χ1n) is 10.1. The van der Waals surface area contributed by atoms with E-state index in [4.69, 9.17) is 9.72 Å². The highest BCUT2D eigenvalue weighted by atomic mass is 16.5. The molecular weight excluding hydrogens is 382 g/mol. The number of H-pyrrole nitrogens is 1. The second-order valence-corrected chi connectivity index (χ2v) is 7.28. The molecule has 0 unspecified atom stereocenters. The van der Waals surface area contributed by atoms with Crippen molar-refractivity contribution in [1.29, 1.82) is 0 Å². The number of aliphatic hydroxyl groups excluding tert-OH is 1. The van der Waals surface area contributed by atoms with Crippen molar-refractivity contribution in [2.45, 2.75) is 0 Å². The zero-order valence-electron chi connectivity index (χ0n) is 16.5. The van der Waals surface area contributed by atoms with Gasteiger partial charge in [0.2, 0.25) is 0 Å². The molecule has 0 aliphatic carbocycles. The Labute approximate surface area is 172 Å². The van der Waals surface area contributed by atoms with E-state index < -0.39 is 0 Å². The molecule has 3 N–H and O–H groups in total. The van der Waals surface area contributed by atoms with E-state index in [9.17, 15) is 9.90 Å². The second-order valence-electron chi connectivity index (χ2n) is 7.28. The van der Waals surface area contributed by atoms with E-state index in [1.165, 1.54) is 4.68 Å². The molecule has 4 aromatic rings. The number of pyridine rings is 1. The van der Waals surface area contributed by atoms with Crippen LogP contribution in [-0.2, 0) is 4.74 Å². The summed E-state index contributed by atoms with van der Waals surface area (Å²) >= 11 is 0. The van der Waals surface area contributed by atoms with E-state index in [0.29, 0.717) is 11.4 Å². The second kappa shape index (κ2) is 7.81. The van der Waals surface area contributed by atoms with Crippen LogP contribution in [0, 0.1) is 0 Å². The molecule has 3 heterocycles. The number of benzene rings is 2. The standard InChI is InChI=1S/C22H23N5O3/c28-10-7-23-27-20-4-2-1-3-15(20)13-17(22(27)29)21-24-18-6-5-16(14-19(18)25-21)26-8-11-30-12-9-26/h1-6,13-14,23,28H,7-12H2,(H,24,25). The number of fused-ring (bicyclic) bond motifs is 2. The first-order valence-corrected chi connectivity index (χ1v) is 10.1. The predicted molar refractivity (Wildman–Crippen MR) is 118 cm³/mol. The highest BCUT2D eigenvalue weighted by molar-refractivity contribution is 5.86. The molecule has 5 rings (SSSR count). The number of morpholine rings is 1. The molecular formula is C22H23N5O3. The summed E-state index contributed by atoms with van der Waals surface area (Å²) in [6, 6.07) is 15.6. The van der Waals surface area contributed by atoms with Crippen molar-refractivity contribution in [2.24, 2.45) is 0 Å². The quantitative estimate of drug-likeness (QED) is 0.470. The molecule has 154 valence electrons. The van der Waals surface area contributed by atoms with Crippen LogP contribution in [0.4, 0.5) is 5.69 Å². The first kappa shape index (κ1) is 18.7. The zero-order chi connectivity index (χ0) is 20.5. The number of aromatic amines is 1. The van der Waals surface area contributed by atoms with Gasteiger partial charge < -0.3 is 25.2 Å². The summed E-state index contributed by atoms with van der Waals surface area (Å²) in [6.07, 6.45) is 0. The highest BCUT2D eigenvalue weighted by Crippen LogP contribution is 2.25. The summed E-state index contributed by atoms with van der Waals surface area (Å²) in [5, 5.41) is 10.1. The molecule has 2 aromatic carbocycles. The van der Waals surface area contributed by atoms with E-state index in [2.05, 4.69) is 21.4 Å². The van der Waals surface area contributed by atoms with Crippen LogP contribution in [0.2, 0.25) is 0 Å². The molecule has 1 fully saturated rings. The molecule has 0 spiro atoms. The minimum Gasteiger partial charge on any atom is -0.394 e.